The molecule has 26 heavy (non-hydrogen) atoms. The molecule has 1 fully saturated rings. The third kappa shape index (κ3) is 7.56. The highest BCUT2D eigenvalue weighted by Gasteiger charge is 2.33. The first-order chi connectivity index (χ1) is 12.4. The first kappa shape index (κ1) is 21.7. The lowest BCUT2D eigenvalue weighted by Crippen LogP contribution is -2.38. The van der Waals surface area contributed by atoms with Gasteiger partial charge in [0.2, 0.25) is 0 Å². The summed E-state index contributed by atoms with van der Waals surface area (Å²) < 4.78 is 5.95. The Balaban J connectivity index is 1.92. The van der Waals surface area contributed by atoms with Crippen LogP contribution in [0.3, 0.4) is 0 Å². The summed E-state index contributed by atoms with van der Waals surface area (Å²) in [5, 5.41) is 4.55. The maximum atomic E-state index is 6.45. The Bertz CT molecular complexity index is 533. The lowest BCUT2D eigenvalue weighted by atomic mass is 9.75. The van der Waals surface area contributed by atoms with E-state index < -0.39 is 0 Å². The van der Waals surface area contributed by atoms with E-state index in [2.05, 4.69) is 50.3 Å². The average molecular weight is 381 g/mol. The van der Waals surface area contributed by atoms with Crippen LogP contribution in [-0.4, -0.2) is 50.8 Å². The van der Waals surface area contributed by atoms with Crippen molar-refractivity contribution in [2.24, 2.45) is 11.8 Å². The number of hydrogen-bond donors (Lipinski definition) is 1. The minimum absolute atomic E-state index is 0.000782. The fourth-order valence-corrected chi connectivity index (χ4v) is 4.28. The van der Waals surface area contributed by atoms with E-state index in [1.807, 2.05) is 12.1 Å². The predicted molar refractivity (Wildman–Crippen MR) is 112 cm³/mol. The molecule has 0 unspecified atom stereocenters. The molecule has 1 aromatic rings. The minimum Gasteiger partial charge on any atom is -0.376 e. The number of halogens is 1. The van der Waals surface area contributed by atoms with Gasteiger partial charge in [-0.05, 0) is 103 Å². The number of hydrogen-bond acceptors (Lipinski definition) is 3. The van der Waals surface area contributed by atoms with Crippen LogP contribution in [-0.2, 0) is 11.2 Å². The number of nitrogens with one attached hydrogen (secondary N) is 1. The van der Waals surface area contributed by atoms with E-state index in [-0.39, 0.29) is 5.60 Å². The highest BCUT2D eigenvalue weighted by atomic mass is 35.5. The molecule has 0 saturated carbocycles. The van der Waals surface area contributed by atoms with Crippen LogP contribution in [0.5, 0.6) is 0 Å². The summed E-state index contributed by atoms with van der Waals surface area (Å²) in [6.45, 7) is 8.66. The Labute approximate surface area is 165 Å². The molecule has 1 aliphatic rings. The van der Waals surface area contributed by atoms with Crippen molar-refractivity contribution in [3.63, 3.8) is 0 Å². The molecule has 1 aliphatic heterocycles. The van der Waals surface area contributed by atoms with Crippen LogP contribution in [0.2, 0.25) is 5.02 Å². The van der Waals surface area contributed by atoms with Gasteiger partial charge in [0, 0.05) is 11.6 Å². The highest BCUT2D eigenvalue weighted by Crippen LogP contribution is 2.37. The molecule has 0 spiro atoms. The second kappa shape index (κ2) is 10.7. The van der Waals surface area contributed by atoms with Gasteiger partial charge in [0.1, 0.15) is 0 Å². The van der Waals surface area contributed by atoms with Crippen LogP contribution in [0.1, 0.15) is 45.1 Å². The molecule has 2 atom stereocenters. The molecule has 0 bridgehead atoms. The average Bonchev–Trinajstić information content (AvgIpc) is 2.57. The third-order valence-electron chi connectivity index (χ3n) is 5.49. The molecular weight excluding hydrogens is 344 g/mol. The van der Waals surface area contributed by atoms with Gasteiger partial charge in [-0.25, -0.2) is 0 Å². The zero-order valence-corrected chi connectivity index (χ0v) is 17.8. The molecule has 1 N–H and O–H groups in total. The molecule has 0 radical (unpaired) electrons. The summed E-state index contributed by atoms with van der Waals surface area (Å²) in [5.74, 6) is 1.36. The maximum Gasteiger partial charge on any atom is 0.0629 e. The molecular formula is C22H37ClN2O. The summed E-state index contributed by atoms with van der Waals surface area (Å²) in [6.07, 6.45) is 5.78. The van der Waals surface area contributed by atoms with Crippen molar-refractivity contribution in [2.45, 2.75) is 51.6 Å². The van der Waals surface area contributed by atoms with Crippen LogP contribution >= 0.6 is 11.6 Å². The largest absolute Gasteiger partial charge is 0.376 e. The van der Waals surface area contributed by atoms with Crippen molar-refractivity contribution < 1.29 is 4.74 Å². The van der Waals surface area contributed by atoms with E-state index in [0.717, 1.165) is 44.1 Å². The molecule has 1 aromatic carbocycles. The van der Waals surface area contributed by atoms with E-state index >= 15 is 0 Å². The van der Waals surface area contributed by atoms with Crippen molar-refractivity contribution in [1.29, 1.82) is 0 Å². The predicted octanol–water partition coefficient (Wildman–Crippen LogP) is 4.64. The molecule has 0 amide bonds. The normalized spacial score (nSPS) is 21.1. The second-order valence-electron chi connectivity index (χ2n) is 8.61. The van der Waals surface area contributed by atoms with Crippen molar-refractivity contribution in [1.82, 2.24) is 10.2 Å². The summed E-state index contributed by atoms with van der Waals surface area (Å²) in [5.41, 5.74) is 1.29. The first-order valence-corrected chi connectivity index (χ1v) is 10.5. The van der Waals surface area contributed by atoms with Crippen molar-refractivity contribution in [3.8, 4) is 0 Å². The van der Waals surface area contributed by atoms with Crippen LogP contribution in [0.4, 0.5) is 0 Å². The van der Waals surface area contributed by atoms with E-state index in [0.29, 0.717) is 11.8 Å². The Morgan fingerprint density at radius 2 is 2.04 bits per heavy atom. The Morgan fingerprint density at radius 1 is 1.27 bits per heavy atom. The van der Waals surface area contributed by atoms with Crippen LogP contribution < -0.4 is 5.32 Å². The van der Waals surface area contributed by atoms with Crippen molar-refractivity contribution in [3.05, 3.63) is 34.9 Å². The number of nitrogens with zero attached hydrogens (tertiary/aromatic N) is 1. The molecule has 1 heterocycles. The van der Waals surface area contributed by atoms with Gasteiger partial charge in [-0.3, -0.25) is 0 Å². The van der Waals surface area contributed by atoms with E-state index in [4.69, 9.17) is 16.3 Å². The van der Waals surface area contributed by atoms with Gasteiger partial charge in [-0.2, -0.15) is 0 Å². The van der Waals surface area contributed by atoms with E-state index in [9.17, 15) is 0 Å². The molecule has 2 rings (SSSR count). The van der Waals surface area contributed by atoms with Gasteiger partial charge in [0.05, 0.1) is 5.60 Å². The standard InChI is InChI=1S/C22H37ClN2O/c1-22(2)17-20(11-15-26-22)18(10-13-24-12-7-14-25(3)4)16-19-8-5-6-9-21(19)23/h5-6,8-9,18,20,24H,7,10-17H2,1-4H3/t18-,20+/m0/s1. The molecule has 0 aromatic heterocycles. The van der Waals surface area contributed by atoms with Gasteiger partial charge in [0.25, 0.3) is 0 Å². The Hall–Kier alpha value is -0.610. The molecule has 1 saturated heterocycles. The molecule has 3 nitrogen and oxygen atoms in total. The summed E-state index contributed by atoms with van der Waals surface area (Å²) >= 11 is 6.45. The summed E-state index contributed by atoms with van der Waals surface area (Å²) in [6, 6.07) is 8.32. The maximum absolute atomic E-state index is 6.45. The molecule has 148 valence electrons. The van der Waals surface area contributed by atoms with Gasteiger partial charge in [0.15, 0.2) is 0 Å². The van der Waals surface area contributed by atoms with Gasteiger partial charge >= 0.3 is 0 Å². The summed E-state index contributed by atoms with van der Waals surface area (Å²) in [7, 11) is 4.26. The SMILES string of the molecule is CN(C)CCCNCC[C@@H](Cc1ccccc1Cl)[C@@H]1CCOC(C)(C)C1. The van der Waals surface area contributed by atoms with E-state index in [1.54, 1.807) is 0 Å². The smallest absolute Gasteiger partial charge is 0.0629 e. The fourth-order valence-electron chi connectivity index (χ4n) is 4.06. The van der Waals surface area contributed by atoms with Crippen molar-refractivity contribution in [2.75, 3.05) is 40.3 Å². The van der Waals surface area contributed by atoms with Gasteiger partial charge in [-0.15, -0.1) is 0 Å². The number of benzene rings is 1. The first-order valence-electron chi connectivity index (χ1n) is 10.1. The molecule has 0 aliphatic carbocycles. The second-order valence-corrected chi connectivity index (χ2v) is 9.02. The number of rotatable bonds is 10. The van der Waals surface area contributed by atoms with Crippen molar-refractivity contribution >= 4 is 11.6 Å². The molecule has 4 heteroatoms. The quantitative estimate of drug-likeness (QED) is 0.598. The van der Waals surface area contributed by atoms with E-state index in [1.165, 1.54) is 24.8 Å². The third-order valence-corrected chi connectivity index (χ3v) is 5.86. The van der Waals surface area contributed by atoms with Crippen LogP contribution in [0.25, 0.3) is 0 Å². The zero-order valence-electron chi connectivity index (χ0n) is 17.1. The lowest BCUT2D eigenvalue weighted by Gasteiger charge is -2.39. The Kier molecular flexibility index (Phi) is 8.89. The minimum atomic E-state index is 0.000782. The monoisotopic (exact) mass is 380 g/mol. The zero-order chi connectivity index (χ0) is 19.0. The van der Waals surface area contributed by atoms with Gasteiger partial charge in [-0.1, -0.05) is 29.8 Å². The Morgan fingerprint density at radius 3 is 2.73 bits per heavy atom. The van der Waals surface area contributed by atoms with Crippen LogP contribution in [0.15, 0.2) is 24.3 Å². The highest BCUT2D eigenvalue weighted by molar-refractivity contribution is 6.31. The van der Waals surface area contributed by atoms with Crippen LogP contribution in [0, 0.1) is 11.8 Å². The fraction of sp³-hybridized carbons (Fsp3) is 0.727. The topological polar surface area (TPSA) is 24.5 Å². The summed E-state index contributed by atoms with van der Waals surface area (Å²) in [4.78, 5) is 2.24. The number of ether oxygens (including phenoxy) is 1. The lowest BCUT2D eigenvalue weighted by molar-refractivity contribution is -0.0830. The van der Waals surface area contributed by atoms with Gasteiger partial charge < -0.3 is 15.0 Å².